The van der Waals surface area contributed by atoms with Crippen LogP contribution in [0.3, 0.4) is 0 Å². The van der Waals surface area contributed by atoms with Crippen LogP contribution in [0.2, 0.25) is 0 Å². The molecule has 0 fully saturated rings. The van der Waals surface area contributed by atoms with Crippen molar-refractivity contribution < 1.29 is 14.3 Å². The van der Waals surface area contributed by atoms with Crippen LogP contribution >= 0.6 is 0 Å². The molecule has 4 nitrogen and oxygen atoms in total. The van der Waals surface area contributed by atoms with Gasteiger partial charge in [-0.2, -0.15) is 0 Å². The van der Waals surface area contributed by atoms with Crippen molar-refractivity contribution in [3.8, 4) is 0 Å². The molecule has 1 aliphatic heterocycles. The number of carbonyl (C=O) groups is 2. The number of fused-ring (bicyclic) bond motifs is 1. The lowest BCUT2D eigenvalue weighted by Crippen LogP contribution is -2.57. The van der Waals surface area contributed by atoms with Gasteiger partial charge in [-0.25, -0.2) is 4.79 Å². The van der Waals surface area contributed by atoms with Crippen LogP contribution < -0.4 is 4.90 Å². The van der Waals surface area contributed by atoms with Crippen molar-refractivity contribution in [3.63, 3.8) is 0 Å². The van der Waals surface area contributed by atoms with Gasteiger partial charge in [-0.05, 0) is 51.3 Å². The normalized spacial score (nSPS) is 20.7. The van der Waals surface area contributed by atoms with Crippen LogP contribution in [-0.4, -0.2) is 24.0 Å². The number of aryl methyl sites for hydroxylation is 1. The van der Waals surface area contributed by atoms with E-state index in [0.717, 1.165) is 11.3 Å². The van der Waals surface area contributed by atoms with Crippen LogP contribution in [0.15, 0.2) is 48.5 Å². The molecule has 0 aromatic heterocycles. The second kappa shape index (κ2) is 6.84. The van der Waals surface area contributed by atoms with Crippen molar-refractivity contribution in [2.24, 2.45) is 0 Å². The van der Waals surface area contributed by atoms with Gasteiger partial charge >= 0.3 is 11.9 Å². The Labute approximate surface area is 161 Å². The maximum atomic E-state index is 12.9. The molecule has 0 saturated carbocycles. The first-order valence-electron chi connectivity index (χ1n) is 9.38. The van der Waals surface area contributed by atoms with Gasteiger partial charge in [-0.1, -0.05) is 55.0 Å². The molecule has 1 atom stereocenters. The fourth-order valence-electron chi connectivity index (χ4n) is 4.35. The quantitative estimate of drug-likeness (QED) is 0.586. The van der Waals surface area contributed by atoms with Crippen LogP contribution in [0.25, 0.3) is 0 Å². The van der Waals surface area contributed by atoms with Crippen molar-refractivity contribution in [2.45, 2.75) is 52.0 Å². The number of anilines is 1. The van der Waals surface area contributed by atoms with Crippen molar-refractivity contribution in [2.75, 3.05) is 11.5 Å². The second-order valence-corrected chi connectivity index (χ2v) is 8.07. The molecule has 3 rings (SSSR count). The molecule has 0 N–H and O–H groups in total. The SMILES string of the molecule is CCOC(=O)C(=O)N1c2ccccc2[C@@](C)(c2ccc(C)cc2)CC1(C)C. The lowest BCUT2D eigenvalue weighted by atomic mass is 9.65. The first-order valence-corrected chi connectivity index (χ1v) is 9.38. The van der Waals surface area contributed by atoms with Gasteiger partial charge in [-0.15, -0.1) is 0 Å². The summed E-state index contributed by atoms with van der Waals surface area (Å²) in [6, 6.07) is 16.4. The molecule has 27 heavy (non-hydrogen) atoms. The summed E-state index contributed by atoms with van der Waals surface area (Å²) in [6.45, 7) is 10.2. The number of ether oxygens (including phenoxy) is 1. The predicted molar refractivity (Wildman–Crippen MR) is 107 cm³/mol. The molecule has 1 heterocycles. The van der Waals surface area contributed by atoms with Gasteiger partial charge in [0.2, 0.25) is 0 Å². The Balaban J connectivity index is 2.16. The van der Waals surface area contributed by atoms with E-state index in [1.807, 2.05) is 32.0 Å². The fourth-order valence-corrected chi connectivity index (χ4v) is 4.35. The largest absolute Gasteiger partial charge is 0.459 e. The molecule has 4 heteroatoms. The molecule has 142 valence electrons. The molecule has 2 aromatic rings. The number of rotatable bonds is 2. The third-order valence-electron chi connectivity index (χ3n) is 5.47. The lowest BCUT2D eigenvalue weighted by Gasteiger charge is -2.51. The highest BCUT2D eigenvalue weighted by atomic mass is 16.5. The molecule has 1 amide bonds. The van der Waals surface area contributed by atoms with Crippen LogP contribution in [-0.2, 0) is 19.7 Å². The summed E-state index contributed by atoms with van der Waals surface area (Å²) in [5.74, 6) is -1.42. The van der Waals surface area contributed by atoms with Crippen LogP contribution in [0.5, 0.6) is 0 Å². The van der Waals surface area contributed by atoms with E-state index in [-0.39, 0.29) is 12.0 Å². The minimum atomic E-state index is -0.806. The highest BCUT2D eigenvalue weighted by molar-refractivity contribution is 6.38. The Hall–Kier alpha value is -2.62. The summed E-state index contributed by atoms with van der Waals surface area (Å²) in [6.07, 6.45) is 0.700. The summed E-state index contributed by atoms with van der Waals surface area (Å²) >= 11 is 0. The van der Waals surface area contributed by atoms with E-state index < -0.39 is 17.4 Å². The van der Waals surface area contributed by atoms with Crippen molar-refractivity contribution >= 4 is 17.6 Å². The molecule has 0 radical (unpaired) electrons. The molecule has 0 bridgehead atoms. The number of esters is 1. The third-order valence-corrected chi connectivity index (χ3v) is 5.47. The zero-order valence-electron chi connectivity index (χ0n) is 16.7. The van der Waals surface area contributed by atoms with E-state index in [2.05, 4.69) is 44.2 Å². The molecule has 0 unspecified atom stereocenters. The van der Waals surface area contributed by atoms with Gasteiger partial charge in [-0.3, -0.25) is 9.69 Å². The number of hydrogen-bond donors (Lipinski definition) is 0. The maximum Gasteiger partial charge on any atom is 0.397 e. The zero-order valence-corrected chi connectivity index (χ0v) is 16.7. The minimum Gasteiger partial charge on any atom is -0.459 e. The zero-order chi connectivity index (χ0) is 19.8. The Morgan fingerprint density at radius 1 is 1.04 bits per heavy atom. The standard InChI is InChI=1S/C23H27NO3/c1-6-27-21(26)20(25)24-19-10-8-7-9-18(19)23(5,15-22(24,3)4)17-13-11-16(2)12-14-17/h7-14H,6,15H2,1-5H3/t23-/m1/s1. The van der Waals surface area contributed by atoms with Crippen LogP contribution in [0.4, 0.5) is 5.69 Å². The summed E-state index contributed by atoms with van der Waals surface area (Å²) < 4.78 is 4.98. The topological polar surface area (TPSA) is 46.6 Å². The van der Waals surface area contributed by atoms with Crippen LogP contribution in [0.1, 0.15) is 50.8 Å². The van der Waals surface area contributed by atoms with E-state index in [1.165, 1.54) is 11.1 Å². The minimum absolute atomic E-state index is 0.182. The van der Waals surface area contributed by atoms with E-state index in [0.29, 0.717) is 6.42 Å². The highest BCUT2D eigenvalue weighted by Gasteiger charge is 2.49. The van der Waals surface area contributed by atoms with E-state index in [9.17, 15) is 9.59 Å². The van der Waals surface area contributed by atoms with Gasteiger partial charge in [0.25, 0.3) is 0 Å². The van der Waals surface area contributed by atoms with Crippen LogP contribution in [0, 0.1) is 6.92 Å². The van der Waals surface area contributed by atoms with Crippen molar-refractivity contribution in [3.05, 3.63) is 65.2 Å². The maximum absolute atomic E-state index is 12.9. The van der Waals surface area contributed by atoms with E-state index in [4.69, 9.17) is 4.74 Å². The molecular formula is C23H27NO3. The Bertz CT molecular complexity index is 869. The monoisotopic (exact) mass is 365 g/mol. The highest BCUT2D eigenvalue weighted by Crippen LogP contribution is 2.50. The Morgan fingerprint density at radius 3 is 2.30 bits per heavy atom. The van der Waals surface area contributed by atoms with Gasteiger partial charge in [0.05, 0.1) is 6.61 Å². The summed E-state index contributed by atoms with van der Waals surface area (Å²) in [7, 11) is 0. The summed E-state index contributed by atoms with van der Waals surface area (Å²) in [5, 5.41) is 0. The lowest BCUT2D eigenvalue weighted by molar-refractivity contribution is -0.153. The molecular weight excluding hydrogens is 338 g/mol. The fraction of sp³-hybridized carbons (Fsp3) is 0.391. The number of carbonyl (C=O) groups excluding carboxylic acids is 2. The average molecular weight is 365 g/mol. The number of hydrogen-bond acceptors (Lipinski definition) is 3. The predicted octanol–water partition coefficient (Wildman–Crippen LogP) is 4.38. The molecule has 0 aliphatic carbocycles. The van der Waals surface area contributed by atoms with Gasteiger partial charge < -0.3 is 4.74 Å². The van der Waals surface area contributed by atoms with Crippen molar-refractivity contribution in [1.82, 2.24) is 0 Å². The number of para-hydroxylation sites is 1. The van der Waals surface area contributed by atoms with Gasteiger partial charge in [0.15, 0.2) is 0 Å². The average Bonchev–Trinajstić information content (AvgIpc) is 2.61. The molecule has 0 saturated heterocycles. The van der Waals surface area contributed by atoms with Gasteiger partial charge in [0, 0.05) is 16.6 Å². The first-order chi connectivity index (χ1) is 12.7. The number of nitrogens with zero attached hydrogens (tertiary/aromatic N) is 1. The number of benzene rings is 2. The third kappa shape index (κ3) is 3.25. The van der Waals surface area contributed by atoms with E-state index in [1.54, 1.807) is 11.8 Å². The van der Waals surface area contributed by atoms with Gasteiger partial charge in [0.1, 0.15) is 0 Å². The Kier molecular flexibility index (Phi) is 4.85. The molecule has 1 aliphatic rings. The molecule has 2 aromatic carbocycles. The number of amides is 1. The first kappa shape index (κ1) is 19.2. The molecule has 0 spiro atoms. The summed E-state index contributed by atoms with van der Waals surface area (Å²) in [4.78, 5) is 26.7. The van der Waals surface area contributed by atoms with E-state index >= 15 is 0 Å². The smallest absolute Gasteiger partial charge is 0.397 e. The summed E-state index contributed by atoms with van der Waals surface area (Å²) in [5.41, 5.74) is 3.43. The Morgan fingerprint density at radius 2 is 1.67 bits per heavy atom. The second-order valence-electron chi connectivity index (χ2n) is 8.07. The van der Waals surface area contributed by atoms with Crippen molar-refractivity contribution in [1.29, 1.82) is 0 Å².